The predicted octanol–water partition coefficient (Wildman–Crippen LogP) is 3.38. The molecule has 5 heteroatoms. The molecule has 1 N–H and O–H groups in total. The molecule has 1 amide bonds. The first-order valence-corrected chi connectivity index (χ1v) is 9.53. The fourth-order valence-corrected chi connectivity index (χ4v) is 3.87. The molecule has 0 aliphatic carbocycles. The normalized spacial score (nSPS) is 19.1. The zero-order chi connectivity index (χ0) is 18.7. The number of nitrogens with one attached hydrogen (secondary N) is 1. The van der Waals surface area contributed by atoms with Crippen LogP contribution in [0, 0.1) is 0 Å². The molecule has 2 heterocycles. The lowest BCUT2D eigenvalue weighted by Gasteiger charge is -2.37. The van der Waals surface area contributed by atoms with E-state index < -0.39 is 5.41 Å². The van der Waals surface area contributed by atoms with Crippen molar-refractivity contribution in [3.05, 3.63) is 59.7 Å². The topological polar surface area (TPSA) is 56.8 Å². The van der Waals surface area contributed by atoms with Gasteiger partial charge in [0, 0.05) is 13.2 Å². The molecule has 5 nitrogen and oxygen atoms in total. The average Bonchev–Trinajstić information content (AvgIpc) is 2.74. The maximum Gasteiger partial charge on any atom is 0.231 e. The summed E-state index contributed by atoms with van der Waals surface area (Å²) in [4.78, 5) is 13.4. The Balaban J connectivity index is 1.56. The largest absolute Gasteiger partial charge is 0.486 e. The number of carbonyl (C=O) groups is 1. The molecule has 1 fully saturated rings. The van der Waals surface area contributed by atoms with E-state index in [9.17, 15) is 4.79 Å². The number of ether oxygens (including phenoxy) is 3. The van der Waals surface area contributed by atoms with Crippen LogP contribution in [0.3, 0.4) is 0 Å². The van der Waals surface area contributed by atoms with E-state index in [2.05, 4.69) is 5.32 Å². The van der Waals surface area contributed by atoms with Gasteiger partial charge < -0.3 is 19.5 Å². The molecule has 0 radical (unpaired) electrons. The number of fused-ring (bicyclic) bond motifs is 1. The van der Waals surface area contributed by atoms with Gasteiger partial charge in [0.1, 0.15) is 13.2 Å². The number of amides is 1. The van der Waals surface area contributed by atoms with E-state index in [1.54, 1.807) is 0 Å². The highest BCUT2D eigenvalue weighted by atomic mass is 16.6. The van der Waals surface area contributed by atoms with Crippen LogP contribution < -0.4 is 14.8 Å². The van der Waals surface area contributed by atoms with Crippen molar-refractivity contribution in [3.8, 4) is 11.5 Å². The van der Waals surface area contributed by atoms with Crippen LogP contribution >= 0.6 is 0 Å². The smallest absolute Gasteiger partial charge is 0.231 e. The molecule has 0 aromatic heterocycles. The minimum Gasteiger partial charge on any atom is -0.486 e. The summed E-state index contributed by atoms with van der Waals surface area (Å²) in [5, 5.41) is 3.22. The lowest BCUT2D eigenvalue weighted by atomic mass is 9.73. The van der Waals surface area contributed by atoms with Crippen molar-refractivity contribution in [2.24, 2.45) is 0 Å². The van der Waals surface area contributed by atoms with Crippen LogP contribution in [0.1, 0.15) is 36.9 Å². The average molecular weight is 367 g/mol. The molecule has 0 bridgehead atoms. The second-order valence-electron chi connectivity index (χ2n) is 7.16. The first-order chi connectivity index (χ1) is 13.2. The summed E-state index contributed by atoms with van der Waals surface area (Å²) >= 11 is 0. The first kappa shape index (κ1) is 17.9. The molecule has 0 spiro atoms. The second kappa shape index (κ2) is 7.61. The van der Waals surface area contributed by atoms with Crippen molar-refractivity contribution in [1.82, 2.24) is 5.32 Å². The number of benzene rings is 2. The predicted molar refractivity (Wildman–Crippen MR) is 102 cm³/mol. The Labute approximate surface area is 159 Å². The van der Waals surface area contributed by atoms with E-state index in [4.69, 9.17) is 14.2 Å². The molecule has 1 atom stereocenters. The van der Waals surface area contributed by atoms with Crippen molar-refractivity contribution in [3.63, 3.8) is 0 Å². The standard InChI is InChI=1S/C22H25NO4/c1-16(17-7-8-19-20(15-17)27-14-13-26-19)23-21(24)22(9-11-25-12-10-22)18-5-3-2-4-6-18/h2-8,15-16H,9-14H2,1H3,(H,23,24). The lowest BCUT2D eigenvalue weighted by Crippen LogP contribution is -2.48. The third-order valence-corrected chi connectivity index (χ3v) is 5.52. The van der Waals surface area contributed by atoms with Gasteiger partial charge in [0.2, 0.25) is 5.91 Å². The summed E-state index contributed by atoms with van der Waals surface area (Å²) in [6.07, 6.45) is 1.38. The van der Waals surface area contributed by atoms with Crippen LogP contribution in [0.2, 0.25) is 0 Å². The van der Waals surface area contributed by atoms with Gasteiger partial charge in [-0.25, -0.2) is 0 Å². The highest BCUT2D eigenvalue weighted by molar-refractivity contribution is 5.88. The van der Waals surface area contributed by atoms with Crippen LogP contribution in [0.15, 0.2) is 48.5 Å². The molecular formula is C22H25NO4. The fourth-order valence-electron chi connectivity index (χ4n) is 3.87. The molecule has 27 heavy (non-hydrogen) atoms. The van der Waals surface area contributed by atoms with Gasteiger partial charge in [0.05, 0.1) is 11.5 Å². The minimum absolute atomic E-state index is 0.0550. The van der Waals surface area contributed by atoms with Crippen LogP contribution in [0.4, 0.5) is 0 Å². The summed E-state index contributed by atoms with van der Waals surface area (Å²) in [5.74, 6) is 1.55. The van der Waals surface area contributed by atoms with E-state index in [-0.39, 0.29) is 11.9 Å². The summed E-state index contributed by atoms with van der Waals surface area (Å²) in [7, 11) is 0. The Hall–Kier alpha value is -2.53. The lowest BCUT2D eigenvalue weighted by molar-refractivity contribution is -0.131. The fraction of sp³-hybridized carbons (Fsp3) is 0.409. The van der Waals surface area contributed by atoms with Gasteiger partial charge in [-0.15, -0.1) is 0 Å². The van der Waals surface area contributed by atoms with E-state index in [0.717, 1.165) is 22.6 Å². The third kappa shape index (κ3) is 3.52. The highest BCUT2D eigenvalue weighted by Crippen LogP contribution is 2.37. The summed E-state index contributed by atoms with van der Waals surface area (Å²) < 4.78 is 16.8. The Kier molecular flexibility index (Phi) is 5.03. The van der Waals surface area contributed by atoms with E-state index in [1.165, 1.54) is 0 Å². The third-order valence-electron chi connectivity index (χ3n) is 5.52. The van der Waals surface area contributed by atoms with Gasteiger partial charge in [-0.1, -0.05) is 36.4 Å². The number of carbonyl (C=O) groups excluding carboxylic acids is 1. The summed E-state index contributed by atoms with van der Waals surface area (Å²) in [6.45, 7) is 4.32. The van der Waals surface area contributed by atoms with Crippen LogP contribution in [0.5, 0.6) is 11.5 Å². The Morgan fingerprint density at radius 2 is 1.67 bits per heavy atom. The Bertz CT molecular complexity index is 799. The Morgan fingerprint density at radius 3 is 2.41 bits per heavy atom. The van der Waals surface area contributed by atoms with Crippen molar-refractivity contribution < 1.29 is 19.0 Å². The SMILES string of the molecule is CC(NC(=O)C1(c2ccccc2)CCOCC1)c1ccc2c(c1)OCCO2. The van der Waals surface area contributed by atoms with Crippen molar-refractivity contribution in [2.75, 3.05) is 26.4 Å². The van der Waals surface area contributed by atoms with Gasteiger partial charge in [-0.2, -0.15) is 0 Å². The molecule has 2 aliphatic rings. The van der Waals surface area contributed by atoms with E-state index >= 15 is 0 Å². The second-order valence-corrected chi connectivity index (χ2v) is 7.16. The summed E-state index contributed by atoms with van der Waals surface area (Å²) in [5.41, 5.74) is 1.52. The summed E-state index contributed by atoms with van der Waals surface area (Å²) in [6, 6.07) is 15.8. The van der Waals surface area contributed by atoms with Gasteiger partial charge in [0.25, 0.3) is 0 Å². The molecule has 2 aliphatic heterocycles. The van der Waals surface area contributed by atoms with Crippen LogP contribution in [-0.4, -0.2) is 32.3 Å². The van der Waals surface area contributed by atoms with Gasteiger partial charge >= 0.3 is 0 Å². The van der Waals surface area contributed by atoms with Crippen molar-refractivity contribution >= 4 is 5.91 Å². The number of hydrogen-bond acceptors (Lipinski definition) is 4. The van der Waals surface area contributed by atoms with Crippen molar-refractivity contribution in [1.29, 1.82) is 0 Å². The molecule has 1 unspecified atom stereocenters. The zero-order valence-electron chi connectivity index (χ0n) is 15.6. The number of hydrogen-bond donors (Lipinski definition) is 1. The minimum atomic E-state index is -0.540. The van der Waals surface area contributed by atoms with Crippen molar-refractivity contribution in [2.45, 2.75) is 31.2 Å². The highest BCUT2D eigenvalue weighted by Gasteiger charge is 2.42. The first-order valence-electron chi connectivity index (χ1n) is 9.53. The zero-order valence-corrected chi connectivity index (χ0v) is 15.6. The van der Waals surface area contributed by atoms with E-state index in [1.807, 2.05) is 55.5 Å². The van der Waals surface area contributed by atoms with Crippen LogP contribution in [0.25, 0.3) is 0 Å². The van der Waals surface area contributed by atoms with Gasteiger partial charge in [-0.05, 0) is 43.0 Å². The monoisotopic (exact) mass is 367 g/mol. The molecule has 1 saturated heterocycles. The molecule has 0 saturated carbocycles. The molecule has 2 aromatic carbocycles. The maximum atomic E-state index is 13.4. The maximum absolute atomic E-state index is 13.4. The molecule has 4 rings (SSSR count). The van der Waals surface area contributed by atoms with Crippen LogP contribution in [-0.2, 0) is 14.9 Å². The molecule has 142 valence electrons. The van der Waals surface area contributed by atoms with Gasteiger partial charge in [0.15, 0.2) is 11.5 Å². The van der Waals surface area contributed by atoms with Gasteiger partial charge in [-0.3, -0.25) is 4.79 Å². The Morgan fingerprint density at radius 1 is 0.963 bits per heavy atom. The molecule has 2 aromatic rings. The quantitative estimate of drug-likeness (QED) is 0.900. The molecular weight excluding hydrogens is 342 g/mol. The number of rotatable bonds is 4. The van der Waals surface area contributed by atoms with E-state index in [0.29, 0.717) is 39.3 Å².